The Bertz CT molecular complexity index is 995. The number of aromatic amines is 1. The molecule has 1 saturated heterocycles. The van der Waals surface area contributed by atoms with E-state index < -0.39 is 11.9 Å². The summed E-state index contributed by atoms with van der Waals surface area (Å²) in [4.78, 5) is 31.3. The zero-order chi connectivity index (χ0) is 19.3. The second kappa shape index (κ2) is 6.25. The lowest BCUT2D eigenvalue weighted by Crippen LogP contribution is -2.44. The molecule has 10 heteroatoms. The molecule has 0 spiro atoms. The van der Waals surface area contributed by atoms with Crippen LogP contribution in [-0.2, 0) is 16.0 Å². The van der Waals surface area contributed by atoms with Crippen molar-refractivity contribution in [3.63, 3.8) is 0 Å². The minimum atomic E-state index is -0.678. The van der Waals surface area contributed by atoms with Gasteiger partial charge in [0.05, 0.1) is 23.3 Å². The molecule has 0 bridgehead atoms. The van der Waals surface area contributed by atoms with Crippen molar-refractivity contribution in [1.82, 2.24) is 20.4 Å². The van der Waals surface area contributed by atoms with Crippen LogP contribution in [0.3, 0.4) is 0 Å². The number of anilines is 2. The Labute approximate surface area is 160 Å². The number of nitrogens with one attached hydrogen (secondary N) is 1. The fourth-order valence-corrected chi connectivity index (χ4v) is 3.76. The Morgan fingerprint density at radius 1 is 1.32 bits per heavy atom. The minimum absolute atomic E-state index is 0.152. The molecule has 3 atom stereocenters. The topological polar surface area (TPSA) is 133 Å². The van der Waals surface area contributed by atoms with Gasteiger partial charge in [-0.05, 0) is 24.5 Å². The van der Waals surface area contributed by atoms with Gasteiger partial charge in [0, 0.05) is 37.5 Å². The van der Waals surface area contributed by atoms with E-state index in [9.17, 15) is 9.59 Å². The molecule has 5 rings (SSSR count). The number of aromatic nitrogens is 4. The fourth-order valence-electron chi connectivity index (χ4n) is 3.76. The largest absolute Gasteiger partial charge is 0.368 e. The van der Waals surface area contributed by atoms with Gasteiger partial charge in [-0.2, -0.15) is 10.2 Å². The molecular formula is C18H18N8O2. The van der Waals surface area contributed by atoms with Crippen LogP contribution in [0.1, 0.15) is 17.8 Å². The molecule has 3 N–H and O–H groups in total. The van der Waals surface area contributed by atoms with E-state index in [1.807, 2.05) is 12.1 Å². The number of hydrogen-bond acceptors (Lipinski definition) is 7. The summed E-state index contributed by atoms with van der Waals surface area (Å²) in [5.74, 6) is 0.917. The third-order valence-electron chi connectivity index (χ3n) is 5.37. The first-order valence-electron chi connectivity index (χ1n) is 9.05. The third-order valence-corrected chi connectivity index (χ3v) is 5.37. The van der Waals surface area contributed by atoms with Gasteiger partial charge in [0.25, 0.3) is 0 Å². The maximum Gasteiger partial charge on any atom is 0.246 e. The predicted octanol–water partition coefficient (Wildman–Crippen LogP) is -0.0109. The highest BCUT2D eigenvalue weighted by Crippen LogP contribution is 2.46. The monoisotopic (exact) mass is 378 g/mol. The average molecular weight is 378 g/mol. The van der Waals surface area contributed by atoms with Crippen molar-refractivity contribution in [3.05, 3.63) is 42.1 Å². The molecule has 2 aromatic rings. The lowest BCUT2D eigenvalue weighted by molar-refractivity contribution is -0.119. The molecule has 28 heavy (non-hydrogen) atoms. The summed E-state index contributed by atoms with van der Waals surface area (Å²) in [6, 6.07) is 2.99. The molecule has 2 amide bonds. The number of aliphatic imine (C=N–C) groups is 1. The number of nitrogens with two attached hydrogens (primary N) is 1. The Morgan fingerprint density at radius 3 is 2.93 bits per heavy atom. The van der Waals surface area contributed by atoms with Gasteiger partial charge in [0.15, 0.2) is 5.82 Å². The molecule has 1 aliphatic carbocycles. The molecular weight excluding hydrogens is 360 g/mol. The summed E-state index contributed by atoms with van der Waals surface area (Å²) in [6.07, 6.45) is 7.84. The zero-order valence-corrected chi connectivity index (χ0v) is 14.9. The Balaban J connectivity index is 1.34. The van der Waals surface area contributed by atoms with Gasteiger partial charge < -0.3 is 10.6 Å². The lowest BCUT2D eigenvalue weighted by Gasteiger charge is -2.26. The van der Waals surface area contributed by atoms with Gasteiger partial charge in [-0.1, -0.05) is 0 Å². The average Bonchev–Trinajstić information content (AvgIpc) is 3.21. The normalized spacial score (nSPS) is 25.3. The van der Waals surface area contributed by atoms with Crippen LogP contribution in [-0.4, -0.2) is 51.0 Å². The van der Waals surface area contributed by atoms with E-state index in [4.69, 9.17) is 5.73 Å². The fraction of sp³-hybridized carbons (Fsp3) is 0.333. The summed E-state index contributed by atoms with van der Waals surface area (Å²) in [5, 5.41) is 15.5. The molecule has 4 heterocycles. The maximum atomic E-state index is 12.2. The van der Waals surface area contributed by atoms with Crippen molar-refractivity contribution in [2.24, 2.45) is 22.6 Å². The van der Waals surface area contributed by atoms with Crippen molar-refractivity contribution in [3.8, 4) is 0 Å². The highest BCUT2D eigenvalue weighted by molar-refractivity contribution is 6.01. The number of H-pyrrole nitrogens is 1. The molecule has 10 nitrogen and oxygen atoms in total. The first kappa shape index (κ1) is 16.6. The predicted molar refractivity (Wildman–Crippen MR) is 100 cm³/mol. The first-order chi connectivity index (χ1) is 13.6. The number of carbonyl (C=O) groups is 2. The molecule has 142 valence electrons. The first-order valence-corrected chi connectivity index (χ1v) is 9.05. The number of rotatable bonds is 5. The number of piperidine rings is 1. The minimum Gasteiger partial charge on any atom is -0.368 e. The van der Waals surface area contributed by atoms with Crippen LogP contribution in [0.25, 0.3) is 0 Å². The van der Waals surface area contributed by atoms with E-state index >= 15 is 0 Å². The quantitative estimate of drug-likeness (QED) is 0.752. The summed E-state index contributed by atoms with van der Waals surface area (Å²) >= 11 is 0. The van der Waals surface area contributed by atoms with E-state index in [2.05, 4.69) is 25.4 Å². The summed E-state index contributed by atoms with van der Waals surface area (Å²) in [7, 11) is 0. The number of hydrogen-bond donors (Lipinski definition) is 2. The van der Waals surface area contributed by atoms with Crippen molar-refractivity contribution in [2.75, 3.05) is 16.3 Å². The van der Waals surface area contributed by atoms with Crippen LogP contribution in [0.2, 0.25) is 0 Å². The van der Waals surface area contributed by atoms with Gasteiger partial charge in [-0.15, -0.1) is 5.10 Å². The van der Waals surface area contributed by atoms with E-state index in [-0.39, 0.29) is 11.8 Å². The summed E-state index contributed by atoms with van der Waals surface area (Å²) < 4.78 is 0. The van der Waals surface area contributed by atoms with Crippen LogP contribution < -0.4 is 15.5 Å². The second-order valence-electron chi connectivity index (χ2n) is 7.20. The van der Waals surface area contributed by atoms with Gasteiger partial charge in [0.2, 0.25) is 11.8 Å². The lowest BCUT2D eigenvalue weighted by atomic mass is 10.1. The standard InChI is InChI=1S/C18H18N8O2/c19-17(27)15-7-20-3-4-25(15)14-8-21-23-13(14)6-11-1-2-16(24-22-11)26-9-10-5-12(10)18(26)28/h1-4,7-8,10,12,15H,5-6,9H2,(H2,19,27)(H,21,23)/t10-,12-,15?/m1/s1. The van der Waals surface area contributed by atoms with Crippen molar-refractivity contribution in [1.29, 1.82) is 0 Å². The smallest absolute Gasteiger partial charge is 0.246 e. The van der Waals surface area contributed by atoms with Gasteiger partial charge >= 0.3 is 0 Å². The Morgan fingerprint density at radius 2 is 2.21 bits per heavy atom. The SMILES string of the molecule is NC(=O)C1C=NC=CN1c1cn[nH]c1Cc1ccc(N2C[C@H]3C[C@H]3C2=O)nn1. The highest BCUT2D eigenvalue weighted by Gasteiger charge is 2.52. The van der Waals surface area contributed by atoms with Crippen LogP contribution in [0.4, 0.5) is 11.5 Å². The third kappa shape index (κ3) is 2.73. The Hall–Kier alpha value is -3.56. The molecule has 2 fully saturated rings. The van der Waals surface area contributed by atoms with Gasteiger partial charge in [-0.3, -0.25) is 24.6 Å². The summed E-state index contributed by atoms with van der Waals surface area (Å²) in [5.41, 5.74) is 7.68. The molecule has 1 saturated carbocycles. The van der Waals surface area contributed by atoms with E-state index in [0.717, 1.165) is 24.4 Å². The molecule has 2 aliphatic heterocycles. The highest BCUT2D eigenvalue weighted by atomic mass is 16.2. The van der Waals surface area contributed by atoms with E-state index in [0.29, 0.717) is 23.8 Å². The van der Waals surface area contributed by atoms with Crippen molar-refractivity contribution in [2.45, 2.75) is 18.9 Å². The second-order valence-corrected chi connectivity index (χ2v) is 7.20. The number of amides is 2. The van der Waals surface area contributed by atoms with E-state index in [1.165, 1.54) is 6.21 Å². The maximum absolute atomic E-state index is 12.2. The molecule has 2 aromatic heterocycles. The van der Waals surface area contributed by atoms with Gasteiger partial charge in [0.1, 0.15) is 6.04 Å². The van der Waals surface area contributed by atoms with Crippen LogP contribution in [0.5, 0.6) is 0 Å². The van der Waals surface area contributed by atoms with Crippen LogP contribution >= 0.6 is 0 Å². The number of carbonyl (C=O) groups excluding carboxylic acids is 2. The van der Waals surface area contributed by atoms with Crippen LogP contribution in [0, 0.1) is 11.8 Å². The van der Waals surface area contributed by atoms with E-state index in [1.54, 1.807) is 28.4 Å². The Kier molecular flexibility index (Phi) is 3.71. The molecule has 3 aliphatic rings. The van der Waals surface area contributed by atoms with Crippen LogP contribution in [0.15, 0.2) is 35.7 Å². The van der Waals surface area contributed by atoms with Crippen molar-refractivity contribution < 1.29 is 9.59 Å². The zero-order valence-electron chi connectivity index (χ0n) is 14.9. The number of primary amides is 1. The summed E-state index contributed by atoms with van der Waals surface area (Å²) in [6.45, 7) is 0.736. The van der Waals surface area contributed by atoms with Crippen molar-refractivity contribution >= 4 is 29.5 Å². The number of fused-ring (bicyclic) bond motifs is 1. The number of nitrogens with zero attached hydrogens (tertiary/aromatic N) is 6. The molecule has 0 aromatic carbocycles. The molecule has 0 radical (unpaired) electrons. The molecule has 1 unspecified atom stereocenters. The van der Waals surface area contributed by atoms with Gasteiger partial charge in [-0.25, -0.2) is 0 Å².